The van der Waals surface area contributed by atoms with Gasteiger partial charge >= 0.3 is 0 Å². The number of nitrogens with zero attached hydrogens (tertiary/aromatic N) is 4. The minimum atomic E-state index is 0.267. The predicted octanol–water partition coefficient (Wildman–Crippen LogP) is 2.01. The van der Waals surface area contributed by atoms with Crippen LogP contribution >= 0.6 is 0 Å². The Morgan fingerprint density at radius 2 is 1.78 bits per heavy atom. The van der Waals surface area contributed by atoms with Crippen LogP contribution in [0.1, 0.15) is 18.9 Å². The largest absolute Gasteiger partial charge is 0.399 e. The number of nitrogen functional groups attached to an aromatic ring is 2. The van der Waals surface area contributed by atoms with Crippen molar-refractivity contribution in [3.63, 3.8) is 0 Å². The normalized spacial score (nSPS) is 16.0. The van der Waals surface area contributed by atoms with E-state index in [-0.39, 0.29) is 6.04 Å². The van der Waals surface area contributed by atoms with Gasteiger partial charge in [0.25, 0.3) is 0 Å². The lowest BCUT2D eigenvalue weighted by Gasteiger charge is -2.22. The molecule has 0 unspecified atom stereocenters. The Hall–Kier alpha value is -2.67. The Labute approximate surface area is 133 Å². The number of benzene rings is 1. The Bertz CT molecular complexity index is 836. The third-order valence-corrected chi connectivity index (χ3v) is 4.24. The maximum absolute atomic E-state index is 6.11. The van der Waals surface area contributed by atoms with Gasteiger partial charge in [0, 0.05) is 24.5 Å². The molecule has 23 heavy (non-hydrogen) atoms. The standard InChI is InChI=1S/C16H18N6O/c17-11-3-1-10(2-4-11)14-13-15(18)19-9-20-16(13)22(21-14)12-5-7-23-8-6-12/h1-4,9,12H,5-8,17H2,(H2,18,19,20). The van der Waals surface area contributed by atoms with Crippen molar-refractivity contribution in [3.05, 3.63) is 30.6 Å². The van der Waals surface area contributed by atoms with Gasteiger partial charge in [-0.15, -0.1) is 0 Å². The van der Waals surface area contributed by atoms with Crippen molar-refractivity contribution in [1.82, 2.24) is 19.7 Å². The Morgan fingerprint density at radius 1 is 1.04 bits per heavy atom. The van der Waals surface area contributed by atoms with E-state index in [1.54, 1.807) is 0 Å². The first-order chi connectivity index (χ1) is 11.2. The number of rotatable bonds is 2. The molecule has 3 aromatic rings. The molecule has 1 fully saturated rings. The summed E-state index contributed by atoms with van der Waals surface area (Å²) in [5.41, 5.74) is 15.1. The molecule has 3 heterocycles. The van der Waals surface area contributed by atoms with Crippen LogP contribution in [0.3, 0.4) is 0 Å². The number of hydrogen-bond acceptors (Lipinski definition) is 6. The summed E-state index contributed by atoms with van der Waals surface area (Å²) in [6.07, 6.45) is 3.33. The molecule has 0 radical (unpaired) electrons. The van der Waals surface area contributed by atoms with E-state index in [0.29, 0.717) is 11.5 Å². The molecular formula is C16H18N6O. The van der Waals surface area contributed by atoms with Gasteiger partial charge in [-0.05, 0) is 25.0 Å². The lowest BCUT2D eigenvalue weighted by molar-refractivity contribution is 0.0674. The predicted molar refractivity (Wildman–Crippen MR) is 88.7 cm³/mol. The molecule has 0 atom stereocenters. The smallest absolute Gasteiger partial charge is 0.164 e. The lowest BCUT2D eigenvalue weighted by Crippen LogP contribution is -2.20. The van der Waals surface area contributed by atoms with Crippen LogP contribution in [0.4, 0.5) is 11.5 Å². The summed E-state index contributed by atoms with van der Waals surface area (Å²) in [4.78, 5) is 8.56. The van der Waals surface area contributed by atoms with Gasteiger partial charge in [-0.3, -0.25) is 0 Å². The van der Waals surface area contributed by atoms with Gasteiger partial charge in [0.2, 0.25) is 0 Å². The molecule has 7 heteroatoms. The summed E-state index contributed by atoms with van der Waals surface area (Å²) < 4.78 is 7.42. The molecule has 1 aliphatic heterocycles. The maximum atomic E-state index is 6.11. The highest BCUT2D eigenvalue weighted by Gasteiger charge is 2.23. The zero-order valence-corrected chi connectivity index (χ0v) is 12.6. The van der Waals surface area contributed by atoms with Crippen LogP contribution in [0.2, 0.25) is 0 Å². The third kappa shape index (κ3) is 2.39. The Morgan fingerprint density at radius 3 is 2.52 bits per heavy atom. The summed E-state index contributed by atoms with van der Waals surface area (Å²) in [6, 6.07) is 7.86. The van der Waals surface area contributed by atoms with Crippen molar-refractivity contribution >= 4 is 22.5 Å². The van der Waals surface area contributed by atoms with E-state index in [1.807, 2.05) is 28.9 Å². The van der Waals surface area contributed by atoms with Crippen LogP contribution in [-0.4, -0.2) is 33.0 Å². The molecule has 0 bridgehead atoms. The molecular weight excluding hydrogens is 292 g/mol. The number of aromatic nitrogens is 4. The lowest BCUT2D eigenvalue weighted by atomic mass is 10.1. The molecule has 1 aromatic carbocycles. The number of anilines is 2. The van der Waals surface area contributed by atoms with Crippen LogP contribution in [0.25, 0.3) is 22.3 Å². The fraction of sp³-hybridized carbons (Fsp3) is 0.312. The van der Waals surface area contributed by atoms with Crippen molar-refractivity contribution in [2.45, 2.75) is 18.9 Å². The summed E-state index contributed by atoms with van der Waals surface area (Å²) in [6.45, 7) is 1.48. The first-order valence-electron chi connectivity index (χ1n) is 7.66. The van der Waals surface area contributed by atoms with Crippen molar-refractivity contribution < 1.29 is 4.74 Å². The maximum Gasteiger partial charge on any atom is 0.164 e. The van der Waals surface area contributed by atoms with E-state index in [0.717, 1.165) is 48.3 Å². The molecule has 0 aliphatic carbocycles. The molecule has 1 saturated heterocycles. The van der Waals surface area contributed by atoms with E-state index >= 15 is 0 Å². The van der Waals surface area contributed by atoms with Crippen molar-refractivity contribution in [1.29, 1.82) is 0 Å². The average Bonchev–Trinajstić information content (AvgIpc) is 2.97. The zero-order valence-electron chi connectivity index (χ0n) is 12.6. The summed E-state index contributed by atoms with van der Waals surface area (Å²) in [5.74, 6) is 0.445. The van der Waals surface area contributed by atoms with Gasteiger partial charge in [0.05, 0.1) is 11.4 Å². The fourth-order valence-electron chi connectivity index (χ4n) is 3.02. The first kappa shape index (κ1) is 14.0. The van der Waals surface area contributed by atoms with Crippen molar-refractivity contribution in [2.24, 2.45) is 0 Å². The van der Waals surface area contributed by atoms with Gasteiger partial charge in [-0.1, -0.05) is 12.1 Å². The van der Waals surface area contributed by atoms with Crippen LogP contribution in [-0.2, 0) is 4.74 Å². The topological polar surface area (TPSA) is 105 Å². The van der Waals surface area contributed by atoms with Crippen LogP contribution in [0.5, 0.6) is 0 Å². The zero-order chi connectivity index (χ0) is 15.8. The highest BCUT2D eigenvalue weighted by Crippen LogP contribution is 2.33. The number of nitrogens with two attached hydrogens (primary N) is 2. The van der Waals surface area contributed by atoms with Gasteiger partial charge in [-0.2, -0.15) is 5.10 Å². The number of ether oxygens (including phenoxy) is 1. The summed E-state index contributed by atoms with van der Waals surface area (Å²) in [5, 5.41) is 5.61. The van der Waals surface area contributed by atoms with E-state index in [4.69, 9.17) is 21.3 Å². The molecule has 4 N–H and O–H groups in total. The highest BCUT2D eigenvalue weighted by molar-refractivity contribution is 5.98. The highest BCUT2D eigenvalue weighted by atomic mass is 16.5. The molecule has 0 amide bonds. The second-order valence-corrected chi connectivity index (χ2v) is 5.72. The van der Waals surface area contributed by atoms with Gasteiger partial charge in [-0.25, -0.2) is 14.6 Å². The van der Waals surface area contributed by atoms with Crippen LogP contribution in [0.15, 0.2) is 30.6 Å². The molecule has 4 rings (SSSR count). The molecule has 7 nitrogen and oxygen atoms in total. The minimum absolute atomic E-state index is 0.267. The minimum Gasteiger partial charge on any atom is -0.399 e. The summed E-state index contributed by atoms with van der Waals surface area (Å²) in [7, 11) is 0. The van der Waals surface area contributed by atoms with Crippen molar-refractivity contribution in [2.75, 3.05) is 24.7 Å². The fourth-order valence-corrected chi connectivity index (χ4v) is 3.02. The Balaban J connectivity index is 1.91. The first-order valence-corrected chi connectivity index (χ1v) is 7.66. The monoisotopic (exact) mass is 310 g/mol. The van der Waals surface area contributed by atoms with Gasteiger partial charge < -0.3 is 16.2 Å². The van der Waals surface area contributed by atoms with E-state index < -0.39 is 0 Å². The molecule has 118 valence electrons. The molecule has 2 aromatic heterocycles. The average molecular weight is 310 g/mol. The van der Waals surface area contributed by atoms with E-state index in [2.05, 4.69) is 9.97 Å². The Kier molecular flexibility index (Phi) is 3.34. The third-order valence-electron chi connectivity index (χ3n) is 4.24. The van der Waals surface area contributed by atoms with Crippen molar-refractivity contribution in [3.8, 4) is 11.3 Å². The van der Waals surface area contributed by atoms with Gasteiger partial charge in [0.1, 0.15) is 17.8 Å². The molecule has 0 spiro atoms. The molecule has 1 aliphatic rings. The van der Waals surface area contributed by atoms with E-state index in [9.17, 15) is 0 Å². The quantitative estimate of drug-likeness (QED) is 0.701. The number of fused-ring (bicyclic) bond motifs is 1. The van der Waals surface area contributed by atoms with Crippen LogP contribution < -0.4 is 11.5 Å². The second-order valence-electron chi connectivity index (χ2n) is 5.72. The SMILES string of the molecule is Nc1ccc(-c2nn(C3CCOCC3)c3ncnc(N)c23)cc1. The van der Waals surface area contributed by atoms with E-state index in [1.165, 1.54) is 6.33 Å². The summed E-state index contributed by atoms with van der Waals surface area (Å²) >= 11 is 0. The second kappa shape index (κ2) is 5.51. The molecule has 0 saturated carbocycles. The van der Waals surface area contributed by atoms with Crippen LogP contribution in [0, 0.1) is 0 Å². The van der Waals surface area contributed by atoms with Gasteiger partial charge in [0.15, 0.2) is 5.65 Å². The number of hydrogen-bond donors (Lipinski definition) is 2.